The molecule has 1 N–H and O–H groups in total. The highest BCUT2D eigenvalue weighted by Crippen LogP contribution is 2.38. The van der Waals surface area contributed by atoms with E-state index < -0.39 is 52.5 Å². The van der Waals surface area contributed by atoms with Crippen molar-refractivity contribution in [2.24, 2.45) is 23.7 Å². The molecule has 4 unspecified atom stereocenters. The summed E-state index contributed by atoms with van der Waals surface area (Å²) in [4.78, 5) is 23.4. The van der Waals surface area contributed by atoms with Crippen molar-refractivity contribution in [1.82, 2.24) is 0 Å². The van der Waals surface area contributed by atoms with E-state index in [0.29, 0.717) is 0 Å². The Morgan fingerprint density at radius 2 is 1.26 bits per heavy atom. The summed E-state index contributed by atoms with van der Waals surface area (Å²) in [6.45, 7) is 12.6. The molecule has 0 bridgehead atoms. The predicted octanol–water partition coefficient (Wildman–Crippen LogP) is 4.63. The average molecular weight is 561 g/mol. The lowest BCUT2D eigenvalue weighted by Gasteiger charge is -2.46. The number of esters is 2. The number of rotatable bonds is 7. The van der Waals surface area contributed by atoms with Gasteiger partial charge in [-0.05, 0) is 18.3 Å². The SMILES string of the molecule is CCC1O[C@H](OCC2O[C@H](OC(=N)C(Cl)(Cl)Cl)C(OC(C)=O)[C@@H](C)[C@@H]2C)C(OC(C)=O)[C@@H](C)[C@@H]1C. The first-order chi connectivity index (χ1) is 16.2. The maximum absolute atomic E-state index is 11.7. The lowest BCUT2D eigenvalue weighted by atomic mass is 9.82. The van der Waals surface area contributed by atoms with Gasteiger partial charge in [-0.1, -0.05) is 69.4 Å². The minimum absolute atomic E-state index is 0.0143. The number of carbonyl (C=O) groups excluding carboxylic acids is 2. The van der Waals surface area contributed by atoms with E-state index >= 15 is 0 Å². The molecule has 0 aliphatic carbocycles. The predicted molar refractivity (Wildman–Crippen MR) is 130 cm³/mol. The van der Waals surface area contributed by atoms with Crippen LogP contribution in [0.15, 0.2) is 0 Å². The first-order valence-electron chi connectivity index (χ1n) is 11.8. The summed E-state index contributed by atoms with van der Waals surface area (Å²) >= 11 is 17.3. The van der Waals surface area contributed by atoms with Crippen LogP contribution < -0.4 is 0 Å². The minimum atomic E-state index is -2.11. The molecule has 2 aliphatic rings. The van der Waals surface area contributed by atoms with Crippen LogP contribution in [-0.4, -0.2) is 65.2 Å². The van der Waals surface area contributed by atoms with Gasteiger partial charge in [-0.3, -0.25) is 15.0 Å². The molecular formula is C23H36Cl3NO8. The molecular weight excluding hydrogens is 525 g/mol. The van der Waals surface area contributed by atoms with Crippen molar-refractivity contribution in [2.75, 3.05) is 6.61 Å². The molecule has 9 nitrogen and oxygen atoms in total. The van der Waals surface area contributed by atoms with Crippen LogP contribution in [0.1, 0.15) is 54.9 Å². The number of alkyl halides is 3. The van der Waals surface area contributed by atoms with Crippen LogP contribution >= 0.6 is 34.8 Å². The lowest BCUT2D eigenvalue weighted by molar-refractivity contribution is -0.301. The molecule has 12 heteroatoms. The molecule has 0 aromatic carbocycles. The summed E-state index contributed by atoms with van der Waals surface area (Å²) in [6, 6.07) is 0. The van der Waals surface area contributed by atoms with Gasteiger partial charge in [0.15, 0.2) is 18.5 Å². The van der Waals surface area contributed by atoms with Crippen molar-refractivity contribution in [3.63, 3.8) is 0 Å². The highest BCUT2D eigenvalue weighted by Gasteiger charge is 2.48. The van der Waals surface area contributed by atoms with Crippen molar-refractivity contribution in [3.05, 3.63) is 0 Å². The number of ether oxygens (including phenoxy) is 6. The van der Waals surface area contributed by atoms with Gasteiger partial charge in [-0.2, -0.15) is 0 Å². The van der Waals surface area contributed by atoms with Crippen molar-refractivity contribution in [3.8, 4) is 0 Å². The number of halogens is 3. The molecule has 0 saturated carbocycles. The quantitative estimate of drug-likeness (QED) is 0.207. The van der Waals surface area contributed by atoms with Gasteiger partial charge < -0.3 is 28.4 Å². The Labute approximate surface area is 221 Å². The zero-order valence-electron chi connectivity index (χ0n) is 21.1. The van der Waals surface area contributed by atoms with Gasteiger partial charge in [0.2, 0.25) is 12.2 Å². The molecule has 2 fully saturated rings. The number of carbonyl (C=O) groups is 2. The molecule has 0 spiro atoms. The van der Waals surface area contributed by atoms with Crippen molar-refractivity contribution >= 4 is 52.6 Å². The lowest BCUT2D eigenvalue weighted by Crippen LogP contribution is -2.56. The average Bonchev–Trinajstić information content (AvgIpc) is 2.75. The normalized spacial score (nSPS) is 37.9. The molecule has 10 atom stereocenters. The first kappa shape index (κ1) is 30.4. The third-order valence-corrected chi connectivity index (χ3v) is 7.46. The maximum atomic E-state index is 11.7. The van der Waals surface area contributed by atoms with Gasteiger partial charge in [-0.15, -0.1) is 0 Å². The Hall–Kier alpha value is -0.840. The van der Waals surface area contributed by atoms with Crippen molar-refractivity contribution in [2.45, 2.75) is 95.7 Å². The standard InChI is InChI=1S/C23H36Cl3NO8/c1-8-16-10(2)12(4)18(31-14(6)28)20(33-16)30-9-17-11(3)13(5)19(32-15(7)29)21(34-17)35-22(27)23(24,25)26/h10-13,16-21,27H,8-9H2,1-7H3/t10-,11-,12-,13-,16?,17?,18?,19?,20-,21+/m0/s1. The van der Waals surface area contributed by atoms with Crippen LogP contribution in [0.2, 0.25) is 0 Å². The van der Waals surface area contributed by atoms with Gasteiger partial charge in [-0.25, -0.2) is 0 Å². The van der Waals surface area contributed by atoms with Crippen LogP contribution in [-0.2, 0) is 38.0 Å². The Balaban J connectivity index is 2.19. The number of hydrogen-bond donors (Lipinski definition) is 1. The van der Waals surface area contributed by atoms with Gasteiger partial charge in [0.1, 0.15) is 0 Å². The third kappa shape index (κ3) is 7.82. The zero-order chi connectivity index (χ0) is 26.7. The van der Waals surface area contributed by atoms with E-state index in [-0.39, 0.29) is 36.4 Å². The van der Waals surface area contributed by atoms with Gasteiger partial charge >= 0.3 is 11.9 Å². The van der Waals surface area contributed by atoms with Gasteiger partial charge in [0.25, 0.3) is 3.79 Å². The van der Waals surface area contributed by atoms with Gasteiger partial charge in [0.05, 0.1) is 18.8 Å². The highest BCUT2D eigenvalue weighted by atomic mass is 35.6. The topological polar surface area (TPSA) is 113 Å². The molecule has 202 valence electrons. The largest absolute Gasteiger partial charge is 0.457 e. The second-order valence-corrected chi connectivity index (χ2v) is 11.6. The van der Waals surface area contributed by atoms with E-state index in [2.05, 4.69) is 6.92 Å². The Morgan fingerprint density at radius 1 is 0.800 bits per heavy atom. The summed E-state index contributed by atoms with van der Waals surface area (Å²) < 4.78 is 32.7. The Bertz CT molecular complexity index is 764. The molecule has 35 heavy (non-hydrogen) atoms. The van der Waals surface area contributed by atoms with Crippen LogP contribution in [0.5, 0.6) is 0 Å². The van der Waals surface area contributed by atoms with Crippen LogP contribution in [0, 0.1) is 29.1 Å². The van der Waals surface area contributed by atoms with Crippen LogP contribution in [0.25, 0.3) is 0 Å². The summed E-state index contributed by atoms with van der Waals surface area (Å²) in [5, 5.41) is 7.93. The fourth-order valence-corrected chi connectivity index (χ4v) is 4.62. The monoisotopic (exact) mass is 559 g/mol. The van der Waals surface area contributed by atoms with E-state index in [1.54, 1.807) is 0 Å². The summed E-state index contributed by atoms with van der Waals surface area (Å²) in [5.41, 5.74) is 0. The molecule has 0 amide bonds. The zero-order valence-corrected chi connectivity index (χ0v) is 23.4. The molecule has 0 radical (unpaired) electrons. The van der Waals surface area contributed by atoms with Crippen LogP contribution in [0.3, 0.4) is 0 Å². The van der Waals surface area contributed by atoms with E-state index in [4.69, 9.17) is 68.6 Å². The van der Waals surface area contributed by atoms with E-state index in [1.807, 2.05) is 27.7 Å². The number of nitrogens with one attached hydrogen (secondary N) is 1. The fourth-order valence-electron chi connectivity index (χ4n) is 4.49. The summed E-state index contributed by atoms with van der Waals surface area (Å²) in [7, 11) is 0. The Kier molecular flexibility index (Phi) is 10.9. The second kappa shape index (κ2) is 12.6. The fraction of sp³-hybridized carbons (Fsp3) is 0.870. The molecule has 0 aromatic heterocycles. The maximum Gasteiger partial charge on any atom is 0.303 e. The van der Waals surface area contributed by atoms with E-state index in [1.165, 1.54) is 13.8 Å². The highest BCUT2D eigenvalue weighted by molar-refractivity contribution is 6.76. The molecule has 2 saturated heterocycles. The van der Waals surface area contributed by atoms with Crippen LogP contribution in [0.4, 0.5) is 0 Å². The van der Waals surface area contributed by atoms with Crippen molar-refractivity contribution in [1.29, 1.82) is 5.41 Å². The third-order valence-electron chi connectivity index (χ3n) is 6.94. The van der Waals surface area contributed by atoms with Gasteiger partial charge in [0, 0.05) is 25.7 Å². The smallest absolute Gasteiger partial charge is 0.303 e. The van der Waals surface area contributed by atoms with E-state index in [0.717, 1.165) is 6.42 Å². The minimum Gasteiger partial charge on any atom is -0.457 e. The van der Waals surface area contributed by atoms with E-state index in [9.17, 15) is 9.59 Å². The van der Waals surface area contributed by atoms with Crippen molar-refractivity contribution < 1.29 is 38.0 Å². The summed E-state index contributed by atoms with van der Waals surface area (Å²) in [5.74, 6) is -1.81. The number of hydrogen-bond acceptors (Lipinski definition) is 9. The second-order valence-electron chi connectivity index (χ2n) is 9.36. The first-order valence-corrected chi connectivity index (χ1v) is 12.9. The molecule has 2 heterocycles. The molecule has 2 aliphatic heterocycles. The Morgan fingerprint density at radius 3 is 1.71 bits per heavy atom. The molecule has 2 rings (SSSR count). The molecule has 0 aromatic rings. The summed E-state index contributed by atoms with van der Waals surface area (Å²) in [6.07, 6.45) is -3.21.